The van der Waals surface area contributed by atoms with E-state index in [-0.39, 0.29) is 23.9 Å². The third-order valence-corrected chi connectivity index (χ3v) is 7.60. The average Bonchev–Trinajstić information content (AvgIpc) is 3.40. The number of H-pyrrole nitrogens is 1. The summed E-state index contributed by atoms with van der Waals surface area (Å²) in [5.41, 5.74) is 6.40. The van der Waals surface area contributed by atoms with E-state index in [9.17, 15) is 14.4 Å². The maximum absolute atomic E-state index is 13.6. The summed E-state index contributed by atoms with van der Waals surface area (Å²) in [6, 6.07) is 6.28. The number of benzene rings is 1. The van der Waals surface area contributed by atoms with Gasteiger partial charge in [0, 0.05) is 67.9 Å². The second-order valence-corrected chi connectivity index (χ2v) is 10.1. The lowest BCUT2D eigenvalue weighted by Crippen LogP contribution is -2.40. The minimum atomic E-state index is -0.231. The molecule has 2 aliphatic heterocycles. The van der Waals surface area contributed by atoms with Gasteiger partial charge in [0.25, 0.3) is 11.5 Å². The molecule has 0 atom stereocenters. The van der Waals surface area contributed by atoms with Crippen molar-refractivity contribution in [2.75, 3.05) is 37.7 Å². The second kappa shape index (κ2) is 11.8. The number of aryl methyl sites for hydroxylation is 2. The molecule has 2 amide bonds. The number of carbonyl (C=O) groups is 2. The van der Waals surface area contributed by atoms with Gasteiger partial charge in [0.15, 0.2) is 0 Å². The quantitative estimate of drug-likeness (QED) is 0.521. The first-order valence-corrected chi connectivity index (χ1v) is 13.3. The van der Waals surface area contributed by atoms with Gasteiger partial charge in [-0.15, -0.1) is 0 Å². The molecule has 0 bridgehead atoms. The van der Waals surface area contributed by atoms with Gasteiger partial charge in [-0.25, -0.2) is 0 Å². The van der Waals surface area contributed by atoms with Gasteiger partial charge in [-0.1, -0.05) is 12.7 Å². The SMILES string of the molecule is C=CC(=O)N1CC=C(c2cc(C(=O)NCc3c(C)cc(C)[nH]c3=O)c(C)c(N(CC)C3CCOCC3)c2)C1. The summed E-state index contributed by atoms with van der Waals surface area (Å²) in [4.78, 5) is 45.2. The molecule has 0 saturated carbocycles. The second-order valence-electron chi connectivity index (χ2n) is 10.1. The fourth-order valence-electron chi connectivity index (χ4n) is 5.47. The van der Waals surface area contributed by atoms with E-state index in [0.29, 0.717) is 30.3 Å². The fourth-order valence-corrected chi connectivity index (χ4v) is 5.47. The number of nitrogens with zero attached hydrogens (tertiary/aromatic N) is 2. The minimum Gasteiger partial charge on any atom is -0.381 e. The van der Waals surface area contributed by atoms with Crippen LogP contribution in [0.25, 0.3) is 5.57 Å². The van der Waals surface area contributed by atoms with Gasteiger partial charge in [-0.2, -0.15) is 0 Å². The normalized spacial score (nSPS) is 15.8. The van der Waals surface area contributed by atoms with Crippen LogP contribution in [0.15, 0.2) is 41.7 Å². The number of pyridine rings is 1. The van der Waals surface area contributed by atoms with Crippen LogP contribution in [0.3, 0.4) is 0 Å². The Morgan fingerprint density at radius 1 is 1.21 bits per heavy atom. The molecule has 0 aliphatic carbocycles. The van der Waals surface area contributed by atoms with E-state index in [2.05, 4.69) is 34.8 Å². The van der Waals surface area contributed by atoms with E-state index in [1.165, 1.54) is 6.08 Å². The van der Waals surface area contributed by atoms with E-state index in [1.54, 1.807) is 4.90 Å². The Bertz CT molecular complexity index is 1320. The molecule has 1 saturated heterocycles. The molecule has 1 fully saturated rings. The molecule has 38 heavy (non-hydrogen) atoms. The van der Waals surface area contributed by atoms with E-state index in [4.69, 9.17) is 4.74 Å². The van der Waals surface area contributed by atoms with E-state index in [1.807, 2.05) is 39.0 Å². The molecule has 2 aliphatic rings. The number of hydrogen-bond acceptors (Lipinski definition) is 5. The predicted octanol–water partition coefficient (Wildman–Crippen LogP) is 3.65. The molecule has 0 unspecified atom stereocenters. The Morgan fingerprint density at radius 2 is 1.95 bits per heavy atom. The summed E-state index contributed by atoms with van der Waals surface area (Å²) < 4.78 is 5.60. The number of ether oxygens (including phenoxy) is 1. The van der Waals surface area contributed by atoms with Crippen molar-refractivity contribution in [2.24, 2.45) is 0 Å². The number of nitrogens with one attached hydrogen (secondary N) is 2. The van der Waals surface area contributed by atoms with Crippen molar-refractivity contribution >= 4 is 23.1 Å². The number of aromatic amines is 1. The summed E-state index contributed by atoms with van der Waals surface area (Å²) in [6.07, 6.45) is 5.23. The highest BCUT2D eigenvalue weighted by atomic mass is 16.5. The number of carbonyl (C=O) groups excluding carboxylic acids is 2. The molecular weight excluding hydrogens is 480 g/mol. The molecule has 1 aromatic heterocycles. The lowest BCUT2D eigenvalue weighted by atomic mass is 9.95. The summed E-state index contributed by atoms with van der Waals surface area (Å²) >= 11 is 0. The molecule has 8 nitrogen and oxygen atoms in total. The molecular formula is C30H38N4O4. The lowest BCUT2D eigenvalue weighted by Gasteiger charge is -2.37. The minimum absolute atomic E-state index is 0.113. The first-order chi connectivity index (χ1) is 18.2. The first kappa shape index (κ1) is 27.4. The van der Waals surface area contributed by atoms with Gasteiger partial charge in [0.2, 0.25) is 5.91 Å². The third kappa shape index (κ3) is 5.75. The Kier molecular flexibility index (Phi) is 8.52. The molecule has 8 heteroatoms. The van der Waals surface area contributed by atoms with Crippen LogP contribution in [-0.2, 0) is 16.1 Å². The number of aromatic nitrogens is 1. The first-order valence-electron chi connectivity index (χ1n) is 13.3. The highest BCUT2D eigenvalue weighted by Gasteiger charge is 2.26. The molecule has 4 rings (SSSR count). The molecule has 202 valence electrons. The predicted molar refractivity (Wildman–Crippen MR) is 151 cm³/mol. The van der Waals surface area contributed by atoms with E-state index >= 15 is 0 Å². The lowest BCUT2D eigenvalue weighted by molar-refractivity contribution is -0.124. The van der Waals surface area contributed by atoms with Crippen LogP contribution in [0.1, 0.15) is 58.1 Å². The van der Waals surface area contributed by atoms with Crippen LogP contribution < -0.4 is 15.8 Å². The Labute approximate surface area is 224 Å². The standard InChI is InChI=1S/C30H38N4O4/c1-6-28(35)33-11-8-22(18-33)23-15-25(29(36)31-17-26-19(3)14-20(4)32-30(26)37)21(5)27(16-23)34(7-2)24-9-12-38-13-10-24/h6,8,14-16,24H,1,7,9-13,17-18H2,2-5H3,(H,31,36)(H,32,37). The summed E-state index contributed by atoms with van der Waals surface area (Å²) in [6.45, 7) is 14.8. The molecule has 0 radical (unpaired) electrons. The van der Waals surface area contributed by atoms with Crippen molar-refractivity contribution in [2.45, 2.75) is 53.1 Å². The Balaban J connectivity index is 1.70. The van der Waals surface area contributed by atoms with Gasteiger partial charge in [0.05, 0.1) is 0 Å². The van der Waals surface area contributed by atoms with Crippen molar-refractivity contribution in [3.8, 4) is 0 Å². The highest BCUT2D eigenvalue weighted by molar-refractivity contribution is 5.99. The van der Waals surface area contributed by atoms with Crippen molar-refractivity contribution in [3.05, 3.63) is 80.8 Å². The van der Waals surface area contributed by atoms with Crippen molar-refractivity contribution in [3.63, 3.8) is 0 Å². The zero-order valence-electron chi connectivity index (χ0n) is 22.9. The molecule has 0 spiro atoms. The van der Waals surface area contributed by atoms with Crippen LogP contribution >= 0.6 is 0 Å². The maximum Gasteiger partial charge on any atom is 0.253 e. The van der Waals surface area contributed by atoms with Crippen molar-refractivity contribution in [1.29, 1.82) is 0 Å². The number of anilines is 1. The fraction of sp³-hybridized carbons (Fsp3) is 0.433. The maximum atomic E-state index is 13.6. The molecule has 1 aromatic carbocycles. The van der Waals surface area contributed by atoms with E-state index in [0.717, 1.165) is 66.2 Å². The van der Waals surface area contributed by atoms with Crippen LogP contribution in [0.2, 0.25) is 0 Å². The van der Waals surface area contributed by atoms with Gasteiger partial charge < -0.3 is 24.8 Å². The average molecular weight is 519 g/mol. The number of hydrogen-bond donors (Lipinski definition) is 2. The third-order valence-electron chi connectivity index (χ3n) is 7.60. The molecule has 3 heterocycles. The van der Waals surface area contributed by atoms with Crippen LogP contribution in [0.4, 0.5) is 5.69 Å². The van der Waals surface area contributed by atoms with E-state index < -0.39 is 0 Å². The van der Waals surface area contributed by atoms with Gasteiger partial charge in [-0.3, -0.25) is 14.4 Å². The summed E-state index contributed by atoms with van der Waals surface area (Å²) in [7, 11) is 0. The van der Waals surface area contributed by atoms with Gasteiger partial charge in [-0.05, 0) is 87.1 Å². The molecule has 2 aromatic rings. The monoisotopic (exact) mass is 518 g/mol. The van der Waals surface area contributed by atoms with Crippen molar-refractivity contribution in [1.82, 2.24) is 15.2 Å². The zero-order chi connectivity index (χ0) is 27.4. The summed E-state index contributed by atoms with van der Waals surface area (Å²) in [5, 5.41) is 2.98. The zero-order valence-corrected chi connectivity index (χ0v) is 22.9. The number of amides is 2. The van der Waals surface area contributed by atoms with Crippen molar-refractivity contribution < 1.29 is 14.3 Å². The summed E-state index contributed by atoms with van der Waals surface area (Å²) in [5.74, 6) is -0.344. The van der Waals surface area contributed by atoms with Gasteiger partial charge in [0.1, 0.15) is 0 Å². The topological polar surface area (TPSA) is 94.7 Å². The largest absolute Gasteiger partial charge is 0.381 e. The van der Waals surface area contributed by atoms with Crippen LogP contribution in [0.5, 0.6) is 0 Å². The van der Waals surface area contributed by atoms with Gasteiger partial charge >= 0.3 is 0 Å². The Morgan fingerprint density at radius 3 is 2.61 bits per heavy atom. The molecule has 2 N–H and O–H groups in total. The highest BCUT2D eigenvalue weighted by Crippen LogP contribution is 2.33. The van der Waals surface area contributed by atoms with Crippen LogP contribution in [-0.4, -0.2) is 60.6 Å². The Hall–Kier alpha value is -3.65. The smallest absolute Gasteiger partial charge is 0.253 e. The number of rotatable bonds is 8. The van der Waals surface area contributed by atoms with Crippen LogP contribution in [0, 0.1) is 20.8 Å².